The van der Waals surface area contributed by atoms with Gasteiger partial charge in [0.15, 0.2) is 6.10 Å². The highest BCUT2D eigenvalue weighted by Crippen LogP contribution is 2.31. The SMILES string of the molecule is CCCNC(=O)NNC(=O)[C@@H](C)Oc1cccc(C(F)(F)F)c1. The molecule has 6 nitrogen and oxygen atoms in total. The van der Waals surface area contributed by atoms with E-state index < -0.39 is 29.8 Å². The number of benzene rings is 1. The van der Waals surface area contributed by atoms with Gasteiger partial charge in [0.25, 0.3) is 5.91 Å². The fourth-order valence-corrected chi connectivity index (χ4v) is 1.51. The van der Waals surface area contributed by atoms with Gasteiger partial charge in [-0.3, -0.25) is 10.2 Å². The third-order valence-electron chi connectivity index (χ3n) is 2.68. The van der Waals surface area contributed by atoms with Gasteiger partial charge in [-0.05, 0) is 31.5 Å². The molecule has 23 heavy (non-hydrogen) atoms. The quantitative estimate of drug-likeness (QED) is 0.723. The van der Waals surface area contributed by atoms with Crippen molar-refractivity contribution in [3.8, 4) is 5.75 Å². The van der Waals surface area contributed by atoms with Gasteiger partial charge in [0, 0.05) is 6.54 Å². The largest absolute Gasteiger partial charge is 0.481 e. The van der Waals surface area contributed by atoms with Crippen molar-refractivity contribution in [2.24, 2.45) is 0 Å². The minimum atomic E-state index is -4.50. The first kappa shape index (κ1) is 18.6. The molecule has 9 heteroatoms. The first-order valence-electron chi connectivity index (χ1n) is 6.91. The van der Waals surface area contributed by atoms with Crippen molar-refractivity contribution in [3.05, 3.63) is 29.8 Å². The number of amides is 3. The molecule has 0 saturated heterocycles. The number of ether oxygens (including phenoxy) is 1. The molecular weight excluding hydrogens is 315 g/mol. The van der Waals surface area contributed by atoms with Gasteiger partial charge >= 0.3 is 12.2 Å². The maximum Gasteiger partial charge on any atom is 0.416 e. The number of urea groups is 1. The van der Waals surface area contributed by atoms with Crippen molar-refractivity contribution < 1.29 is 27.5 Å². The van der Waals surface area contributed by atoms with Crippen molar-refractivity contribution in [3.63, 3.8) is 0 Å². The molecule has 3 N–H and O–H groups in total. The lowest BCUT2D eigenvalue weighted by molar-refractivity contribution is -0.137. The van der Waals surface area contributed by atoms with Crippen LogP contribution in [-0.4, -0.2) is 24.6 Å². The van der Waals surface area contributed by atoms with Crippen LogP contribution in [0.3, 0.4) is 0 Å². The topological polar surface area (TPSA) is 79.5 Å². The van der Waals surface area contributed by atoms with Crippen molar-refractivity contribution >= 4 is 11.9 Å². The second kappa shape index (κ2) is 8.25. The van der Waals surface area contributed by atoms with Crippen molar-refractivity contribution in [1.29, 1.82) is 0 Å². The van der Waals surface area contributed by atoms with E-state index >= 15 is 0 Å². The number of carbonyl (C=O) groups is 2. The minimum Gasteiger partial charge on any atom is -0.481 e. The molecule has 3 amide bonds. The van der Waals surface area contributed by atoms with Crippen LogP contribution in [0.4, 0.5) is 18.0 Å². The van der Waals surface area contributed by atoms with Crippen LogP contribution in [0.25, 0.3) is 0 Å². The zero-order valence-corrected chi connectivity index (χ0v) is 12.7. The highest BCUT2D eigenvalue weighted by atomic mass is 19.4. The average molecular weight is 333 g/mol. The van der Waals surface area contributed by atoms with Gasteiger partial charge in [0.2, 0.25) is 0 Å². The first-order valence-corrected chi connectivity index (χ1v) is 6.91. The lowest BCUT2D eigenvalue weighted by Gasteiger charge is -2.16. The van der Waals surface area contributed by atoms with Gasteiger partial charge in [-0.1, -0.05) is 13.0 Å². The Labute approximate surface area is 131 Å². The van der Waals surface area contributed by atoms with E-state index in [1.54, 1.807) is 0 Å². The molecule has 0 bridgehead atoms. The van der Waals surface area contributed by atoms with E-state index in [1.165, 1.54) is 19.1 Å². The van der Waals surface area contributed by atoms with Crippen LogP contribution < -0.4 is 20.9 Å². The molecule has 1 aromatic carbocycles. The smallest absolute Gasteiger partial charge is 0.416 e. The van der Waals surface area contributed by atoms with Gasteiger partial charge in [-0.15, -0.1) is 0 Å². The Morgan fingerprint density at radius 3 is 2.57 bits per heavy atom. The zero-order chi connectivity index (χ0) is 17.5. The molecule has 0 radical (unpaired) electrons. The van der Waals surface area contributed by atoms with E-state index in [0.29, 0.717) is 6.54 Å². The summed E-state index contributed by atoms with van der Waals surface area (Å²) in [5.41, 5.74) is 3.34. The van der Waals surface area contributed by atoms with E-state index in [4.69, 9.17) is 4.74 Å². The predicted octanol–water partition coefficient (Wildman–Crippen LogP) is 2.21. The van der Waals surface area contributed by atoms with Crippen LogP contribution in [0.5, 0.6) is 5.75 Å². The number of nitrogens with one attached hydrogen (secondary N) is 3. The van der Waals surface area contributed by atoms with Crippen LogP contribution in [-0.2, 0) is 11.0 Å². The second-order valence-corrected chi connectivity index (χ2v) is 4.66. The Kier molecular flexibility index (Phi) is 6.67. The summed E-state index contributed by atoms with van der Waals surface area (Å²) in [7, 11) is 0. The molecule has 0 aromatic heterocycles. The molecule has 0 unspecified atom stereocenters. The number of alkyl halides is 3. The molecule has 1 rings (SSSR count). The Balaban J connectivity index is 2.54. The van der Waals surface area contributed by atoms with Gasteiger partial charge in [-0.2, -0.15) is 13.2 Å². The molecular formula is C14H18F3N3O3. The number of hydrazine groups is 1. The van der Waals surface area contributed by atoms with Crippen LogP contribution in [0.1, 0.15) is 25.8 Å². The maximum atomic E-state index is 12.6. The monoisotopic (exact) mass is 333 g/mol. The molecule has 0 heterocycles. The van der Waals surface area contributed by atoms with Crippen LogP contribution in [0, 0.1) is 0 Å². The number of halogens is 3. The second-order valence-electron chi connectivity index (χ2n) is 4.66. The summed E-state index contributed by atoms with van der Waals surface area (Å²) in [5, 5.41) is 2.47. The fourth-order valence-electron chi connectivity index (χ4n) is 1.51. The standard InChI is InChI=1S/C14H18F3N3O3/c1-3-7-18-13(22)20-19-12(21)9(2)23-11-6-4-5-10(8-11)14(15,16)17/h4-6,8-9H,3,7H2,1-2H3,(H,19,21)(H2,18,20,22)/t9-/m1/s1. The molecule has 0 fully saturated rings. The van der Waals surface area contributed by atoms with Crippen molar-refractivity contribution in [1.82, 2.24) is 16.2 Å². The van der Waals surface area contributed by atoms with Crippen LogP contribution in [0.2, 0.25) is 0 Å². The summed E-state index contributed by atoms with van der Waals surface area (Å²) in [6, 6.07) is 3.59. The Bertz CT molecular complexity index is 550. The van der Waals surface area contributed by atoms with E-state index in [2.05, 4.69) is 16.2 Å². The summed E-state index contributed by atoms with van der Waals surface area (Å²) in [6.45, 7) is 3.66. The van der Waals surface area contributed by atoms with Crippen molar-refractivity contribution in [2.45, 2.75) is 32.5 Å². The maximum absolute atomic E-state index is 12.6. The van der Waals surface area contributed by atoms with Crippen LogP contribution in [0.15, 0.2) is 24.3 Å². The van der Waals surface area contributed by atoms with Gasteiger partial charge < -0.3 is 10.1 Å². The Hall–Kier alpha value is -2.45. The van der Waals surface area contributed by atoms with Crippen molar-refractivity contribution in [2.75, 3.05) is 6.54 Å². The van der Waals surface area contributed by atoms with E-state index in [0.717, 1.165) is 18.6 Å². The first-order chi connectivity index (χ1) is 10.7. The Morgan fingerprint density at radius 2 is 1.96 bits per heavy atom. The normalized spacial score (nSPS) is 12.2. The minimum absolute atomic E-state index is 0.0992. The molecule has 1 aromatic rings. The van der Waals surface area contributed by atoms with E-state index in [9.17, 15) is 22.8 Å². The molecule has 0 aliphatic heterocycles. The average Bonchev–Trinajstić information content (AvgIpc) is 2.49. The van der Waals surface area contributed by atoms with E-state index in [-0.39, 0.29) is 5.75 Å². The predicted molar refractivity (Wildman–Crippen MR) is 76.5 cm³/mol. The molecule has 0 saturated carbocycles. The summed E-state index contributed by atoms with van der Waals surface area (Å²) in [4.78, 5) is 22.9. The number of hydrogen-bond acceptors (Lipinski definition) is 3. The van der Waals surface area contributed by atoms with Gasteiger partial charge in [0.05, 0.1) is 5.56 Å². The van der Waals surface area contributed by atoms with E-state index in [1.807, 2.05) is 6.92 Å². The molecule has 0 aliphatic rings. The Morgan fingerprint density at radius 1 is 1.26 bits per heavy atom. The third kappa shape index (κ3) is 6.45. The summed E-state index contributed by atoms with van der Waals surface area (Å²) in [6.07, 6.45) is -4.86. The summed E-state index contributed by atoms with van der Waals surface area (Å²) < 4.78 is 42.9. The molecule has 128 valence electrons. The third-order valence-corrected chi connectivity index (χ3v) is 2.68. The lowest BCUT2D eigenvalue weighted by atomic mass is 10.2. The highest BCUT2D eigenvalue weighted by Gasteiger charge is 2.30. The number of carbonyl (C=O) groups excluding carboxylic acids is 2. The molecule has 1 atom stereocenters. The molecule has 0 aliphatic carbocycles. The lowest BCUT2D eigenvalue weighted by Crippen LogP contribution is -2.50. The zero-order valence-electron chi connectivity index (χ0n) is 12.7. The van der Waals surface area contributed by atoms with Crippen LogP contribution >= 0.6 is 0 Å². The number of hydrogen-bond donors (Lipinski definition) is 3. The number of rotatable bonds is 5. The highest BCUT2D eigenvalue weighted by molar-refractivity contribution is 5.84. The molecule has 0 spiro atoms. The van der Waals surface area contributed by atoms with Gasteiger partial charge in [-0.25, -0.2) is 10.2 Å². The summed E-state index contributed by atoms with van der Waals surface area (Å²) in [5.74, 6) is -0.799. The summed E-state index contributed by atoms with van der Waals surface area (Å²) >= 11 is 0. The van der Waals surface area contributed by atoms with Gasteiger partial charge in [0.1, 0.15) is 5.75 Å². The fraction of sp³-hybridized carbons (Fsp3) is 0.429.